The fourth-order valence-electron chi connectivity index (χ4n) is 5.25. The van der Waals surface area contributed by atoms with Gasteiger partial charge in [0.1, 0.15) is 12.3 Å². The van der Waals surface area contributed by atoms with Crippen molar-refractivity contribution in [1.82, 2.24) is 9.88 Å². The van der Waals surface area contributed by atoms with Crippen LogP contribution in [0.1, 0.15) is 38.8 Å². The summed E-state index contributed by atoms with van der Waals surface area (Å²) in [5.74, 6) is -0.749. The molecule has 2 amide bonds. The quantitative estimate of drug-likeness (QED) is 0.154. The lowest BCUT2D eigenvalue weighted by molar-refractivity contribution is -0.302. The van der Waals surface area contributed by atoms with Crippen molar-refractivity contribution in [2.45, 2.75) is 76.8 Å². The Labute approximate surface area is 285 Å². The summed E-state index contributed by atoms with van der Waals surface area (Å²) < 4.78 is 61.7. The van der Waals surface area contributed by atoms with Crippen LogP contribution in [0.15, 0.2) is 108 Å². The number of aromatic nitrogens is 1. The van der Waals surface area contributed by atoms with Crippen LogP contribution in [-0.2, 0) is 32.7 Å². The number of halogens is 3. The molecular weight excluding hydrogens is 652 g/mol. The van der Waals surface area contributed by atoms with E-state index in [-0.39, 0.29) is 24.3 Å². The van der Waals surface area contributed by atoms with Crippen molar-refractivity contribution in [2.24, 2.45) is 0 Å². The monoisotopic (exact) mass is 693 g/mol. The molecular formula is C37H42F3N3O5Si. The van der Waals surface area contributed by atoms with Gasteiger partial charge in [-0.25, -0.2) is 4.79 Å². The zero-order valence-electron chi connectivity index (χ0n) is 28.4. The Hall–Kier alpha value is -4.68. The van der Waals surface area contributed by atoms with Gasteiger partial charge in [0.05, 0.1) is 11.7 Å². The molecule has 2 unspecified atom stereocenters. The molecule has 0 aliphatic carbocycles. The second-order valence-corrected chi connectivity index (χ2v) is 18.0. The van der Waals surface area contributed by atoms with Crippen molar-refractivity contribution >= 4 is 26.0 Å². The number of carbonyl (C=O) groups is 2. The van der Waals surface area contributed by atoms with Crippen LogP contribution in [0.4, 0.5) is 23.7 Å². The number of rotatable bonds is 11. The lowest BCUT2D eigenvalue weighted by Gasteiger charge is -2.50. The largest absolute Gasteiger partial charge is 0.444 e. The minimum atomic E-state index is -5.29. The molecule has 4 rings (SSSR count). The summed E-state index contributed by atoms with van der Waals surface area (Å²) in [5, 5.41) is 4.11. The van der Waals surface area contributed by atoms with Gasteiger partial charge in [0.15, 0.2) is 8.32 Å². The van der Waals surface area contributed by atoms with E-state index in [0.717, 1.165) is 6.92 Å². The van der Waals surface area contributed by atoms with Gasteiger partial charge in [-0.2, -0.15) is 13.2 Å². The number of nitrogens with zero attached hydrogens (tertiary/aromatic N) is 1. The Morgan fingerprint density at radius 3 is 1.86 bits per heavy atom. The van der Waals surface area contributed by atoms with Crippen molar-refractivity contribution in [2.75, 3.05) is 5.32 Å². The summed E-state index contributed by atoms with van der Waals surface area (Å²) in [6.07, 6.45) is -6.67. The summed E-state index contributed by atoms with van der Waals surface area (Å²) >= 11 is 0. The molecule has 2 N–H and O–H groups in total. The van der Waals surface area contributed by atoms with Gasteiger partial charge in [-0.15, -0.1) is 0 Å². The predicted octanol–water partition coefficient (Wildman–Crippen LogP) is 8.25. The molecule has 0 aliphatic rings. The average Bonchev–Trinajstić information content (AvgIpc) is 3.03. The third-order valence-electron chi connectivity index (χ3n) is 8.69. The number of ether oxygens (including phenoxy) is 1. The van der Waals surface area contributed by atoms with Crippen LogP contribution in [-0.4, -0.2) is 37.1 Å². The Morgan fingerprint density at radius 1 is 0.816 bits per heavy atom. The first-order valence-corrected chi connectivity index (χ1v) is 18.7. The van der Waals surface area contributed by atoms with Gasteiger partial charge >= 0.3 is 12.3 Å². The van der Waals surface area contributed by atoms with Crippen LogP contribution < -0.4 is 16.2 Å². The molecule has 1 aromatic heterocycles. The van der Waals surface area contributed by atoms with E-state index >= 15 is 13.2 Å². The summed E-state index contributed by atoms with van der Waals surface area (Å²) in [6.45, 7) is 9.64. The summed E-state index contributed by atoms with van der Waals surface area (Å²) in [5.41, 5.74) is -3.82. The van der Waals surface area contributed by atoms with E-state index in [1.165, 1.54) is 12.1 Å². The lowest BCUT2D eigenvalue weighted by Crippen LogP contribution is -2.70. The third kappa shape index (κ3) is 8.49. The van der Waals surface area contributed by atoms with Crippen molar-refractivity contribution in [3.8, 4) is 11.3 Å². The molecule has 260 valence electrons. The second kappa shape index (κ2) is 14.8. The molecule has 0 radical (unpaired) electrons. The number of pyridine rings is 1. The molecule has 49 heavy (non-hydrogen) atoms. The number of benzene rings is 3. The molecule has 4 aromatic rings. The van der Waals surface area contributed by atoms with Gasteiger partial charge in [0.2, 0.25) is 5.91 Å². The van der Waals surface area contributed by atoms with Crippen molar-refractivity contribution in [3.05, 3.63) is 125 Å². The highest BCUT2D eigenvalue weighted by molar-refractivity contribution is 6.74. The predicted molar refractivity (Wildman–Crippen MR) is 186 cm³/mol. The summed E-state index contributed by atoms with van der Waals surface area (Å²) in [4.78, 5) is 40.4. The van der Waals surface area contributed by atoms with Gasteiger partial charge in [-0.1, -0.05) is 112 Å². The number of alkyl halides is 3. The normalized spacial score (nSPS) is 14.0. The van der Waals surface area contributed by atoms with E-state index in [0.29, 0.717) is 15.7 Å². The van der Waals surface area contributed by atoms with E-state index in [9.17, 15) is 14.4 Å². The van der Waals surface area contributed by atoms with Crippen molar-refractivity contribution < 1.29 is 31.9 Å². The number of anilines is 1. The van der Waals surface area contributed by atoms with Crippen LogP contribution in [0.5, 0.6) is 0 Å². The summed E-state index contributed by atoms with van der Waals surface area (Å²) in [6, 6.07) is 26.0. The van der Waals surface area contributed by atoms with E-state index in [1.54, 1.807) is 125 Å². The second-order valence-electron chi connectivity index (χ2n) is 13.3. The number of amides is 2. The van der Waals surface area contributed by atoms with Crippen LogP contribution >= 0.6 is 0 Å². The van der Waals surface area contributed by atoms with Crippen LogP contribution in [0, 0.1) is 0 Å². The Morgan fingerprint density at radius 2 is 1.35 bits per heavy atom. The topological polar surface area (TPSA) is 98.7 Å². The van der Waals surface area contributed by atoms with Gasteiger partial charge < -0.3 is 14.5 Å². The van der Waals surface area contributed by atoms with Gasteiger partial charge in [-0.3, -0.25) is 19.5 Å². The molecule has 0 fully saturated rings. The van der Waals surface area contributed by atoms with Crippen LogP contribution in [0.25, 0.3) is 11.3 Å². The Kier molecular flexibility index (Phi) is 11.2. The minimum Gasteiger partial charge on any atom is -0.444 e. The van der Waals surface area contributed by atoms with E-state index in [4.69, 9.17) is 9.16 Å². The maximum Gasteiger partial charge on any atom is 0.438 e. The van der Waals surface area contributed by atoms with Gasteiger partial charge in [0.25, 0.3) is 11.3 Å². The SMILES string of the molecule is CC(=O)NC(Cc1ccccc1)C(O[Si](C)(C)C(C)(C)C)(n1c(-c2ccccc2)ccc(NC(=O)OCc2ccccc2)c1=O)C(F)(F)F. The first kappa shape index (κ1) is 37.1. The maximum absolute atomic E-state index is 16.4. The zero-order valence-corrected chi connectivity index (χ0v) is 29.4. The van der Waals surface area contributed by atoms with Crippen molar-refractivity contribution in [3.63, 3.8) is 0 Å². The molecule has 0 saturated heterocycles. The zero-order chi connectivity index (χ0) is 36.0. The van der Waals surface area contributed by atoms with E-state index in [2.05, 4.69) is 10.6 Å². The Balaban J connectivity index is 2.04. The summed E-state index contributed by atoms with van der Waals surface area (Å²) in [7, 11) is -3.45. The minimum absolute atomic E-state index is 0.131. The molecule has 0 saturated carbocycles. The smallest absolute Gasteiger partial charge is 0.438 e. The first-order chi connectivity index (χ1) is 23.0. The molecule has 0 aliphatic heterocycles. The van der Waals surface area contributed by atoms with E-state index < -0.39 is 54.5 Å². The average molecular weight is 694 g/mol. The van der Waals surface area contributed by atoms with Crippen molar-refractivity contribution in [1.29, 1.82) is 0 Å². The molecule has 12 heteroatoms. The fraction of sp³-hybridized carbons (Fsp3) is 0.324. The van der Waals surface area contributed by atoms with E-state index in [1.807, 2.05) is 0 Å². The number of hydrogen-bond donors (Lipinski definition) is 2. The molecule has 3 aromatic carbocycles. The number of carbonyl (C=O) groups excluding carboxylic acids is 2. The Bertz CT molecular complexity index is 1790. The molecule has 1 heterocycles. The highest BCUT2D eigenvalue weighted by atomic mass is 28.4. The molecule has 2 atom stereocenters. The maximum atomic E-state index is 16.4. The molecule has 0 spiro atoms. The number of hydrogen-bond acceptors (Lipinski definition) is 5. The molecule has 0 bridgehead atoms. The van der Waals surface area contributed by atoms with Gasteiger partial charge in [-0.05, 0) is 53.4 Å². The van der Waals surface area contributed by atoms with Crippen LogP contribution in [0.2, 0.25) is 18.1 Å². The fourth-order valence-corrected chi connectivity index (χ4v) is 6.68. The molecule has 8 nitrogen and oxygen atoms in total. The third-order valence-corrected chi connectivity index (χ3v) is 13.1. The van der Waals surface area contributed by atoms with Gasteiger partial charge in [0, 0.05) is 6.92 Å². The number of nitrogens with one attached hydrogen (secondary N) is 2. The lowest BCUT2D eigenvalue weighted by atomic mass is 9.93. The first-order valence-electron chi connectivity index (χ1n) is 15.8. The van der Waals surface area contributed by atoms with Crippen LogP contribution in [0.3, 0.4) is 0 Å². The highest BCUT2D eigenvalue weighted by Crippen LogP contribution is 2.49. The standard InChI is InChI=1S/C37H42F3N3O5Si/c1-26(44)41-32(24-27-16-10-7-11-17-27)36(37(38,39)40,48-49(5,6)35(2,3)4)43-31(29-20-14-9-15-21-29)23-22-30(33(43)45)42-34(46)47-25-28-18-12-8-13-19-28/h7-23,32H,24-25H2,1-6H3,(H,41,44)(H,42,46). The highest BCUT2D eigenvalue weighted by Gasteiger charge is 2.66.